The maximum absolute atomic E-state index is 13.8. The summed E-state index contributed by atoms with van der Waals surface area (Å²) in [6.45, 7) is 0.737. The Balaban J connectivity index is 1.33. The van der Waals surface area contributed by atoms with Crippen LogP contribution in [0.4, 0.5) is 8.78 Å². The fourth-order valence-corrected chi connectivity index (χ4v) is 3.48. The lowest BCUT2D eigenvalue weighted by Gasteiger charge is -2.16. The summed E-state index contributed by atoms with van der Waals surface area (Å²) >= 11 is 0. The monoisotopic (exact) mass is 442 g/mol. The summed E-state index contributed by atoms with van der Waals surface area (Å²) in [7, 11) is 1.34. The fourth-order valence-electron chi connectivity index (χ4n) is 3.48. The third-order valence-electron chi connectivity index (χ3n) is 5.16. The summed E-state index contributed by atoms with van der Waals surface area (Å²) in [5.74, 6) is -1.19. The first-order chi connectivity index (χ1) is 15.4. The predicted octanol–water partition coefficient (Wildman–Crippen LogP) is 2.80. The van der Waals surface area contributed by atoms with Gasteiger partial charge in [0.25, 0.3) is 5.91 Å². The molecule has 1 aromatic heterocycles. The second-order valence-electron chi connectivity index (χ2n) is 7.38. The van der Waals surface area contributed by atoms with Crippen LogP contribution in [0, 0.1) is 11.6 Å². The minimum atomic E-state index is -0.642. The van der Waals surface area contributed by atoms with E-state index >= 15 is 0 Å². The standard InChI is InChI=1S/C22H20F2N4O4/c1-31-18-7-4-14(8-17(18)24)22(30)25-10-19-26-21(27-32-19)15-9-20(29)28(12-15)11-13-2-5-16(23)6-3-13/h2-8,15H,9-12H2,1H3,(H,25,30). The van der Waals surface area contributed by atoms with Crippen LogP contribution in [0.15, 0.2) is 47.0 Å². The molecule has 1 N–H and O–H groups in total. The Kier molecular flexibility index (Phi) is 6.11. The van der Waals surface area contributed by atoms with Gasteiger partial charge in [0.1, 0.15) is 5.82 Å². The normalized spacial score (nSPS) is 15.8. The van der Waals surface area contributed by atoms with Crippen molar-refractivity contribution >= 4 is 11.8 Å². The van der Waals surface area contributed by atoms with Crippen molar-refractivity contribution in [2.75, 3.05) is 13.7 Å². The van der Waals surface area contributed by atoms with E-state index in [1.54, 1.807) is 17.0 Å². The Bertz CT molecular complexity index is 1130. The Morgan fingerprint density at radius 3 is 2.75 bits per heavy atom. The zero-order chi connectivity index (χ0) is 22.7. The van der Waals surface area contributed by atoms with E-state index in [0.29, 0.717) is 18.9 Å². The van der Waals surface area contributed by atoms with E-state index in [9.17, 15) is 18.4 Å². The maximum Gasteiger partial charge on any atom is 0.251 e. The average molecular weight is 442 g/mol. The first-order valence-electron chi connectivity index (χ1n) is 9.89. The second kappa shape index (κ2) is 9.13. The molecular formula is C22H20F2N4O4. The van der Waals surface area contributed by atoms with Crippen molar-refractivity contribution in [3.63, 3.8) is 0 Å². The van der Waals surface area contributed by atoms with Gasteiger partial charge in [-0.25, -0.2) is 8.78 Å². The van der Waals surface area contributed by atoms with Gasteiger partial charge < -0.3 is 19.5 Å². The molecule has 10 heteroatoms. The van der Waals surface area contributed by atoms with Crippen molar-refractivity contribution in [3.05, 3.63) is 76.9 Å². The van der Waals surface area contributed by atoms with Crippen LogP contribution in [0.5, 0.6) is 5.75 Å². The van der Waals surface area contributed by atoms with E-state index in [4.69, 9.17) is 9.26 Å². The third kappa shape index (κ3) is 4.74. The molecule has 1 aliphatic rings. The first kappa shape index (κ1) is 21.4. The topological polar surface area (TPSA) is 97.6 Å². The SMILES string of the molecule is COc1ccc(C(=O)NCc2nc(C3CC(=O)N(Cc4ccc(F)cc4)C3)no2)cc1F. The van der Waals surface area contributed by atoms with Crippen molar-refractivity contribution in [3.8, 4) is 5.75 Å². The molecular weight excluding hydrogens is 422 g/mol. The van der Waals surface area contributed by atoms with Crippen molar-refractivity contribution in [1.82, 2.24) is 20.4 Å². The van der Waals surface area contributed by atoms with Crippen LogP contribution in [-0.4, -0.2) is 40.5 Å². The number of likely N-dealkylation sites (tertiary alicyclic amines) is 1. The van der Waals surface area contributed by atoms with E-state index in [0.717, 1.165) is 11.6 Å². The molecule has 1 atom stereocenters. The number of benzene rings is 2. The molecule has 0 saturated carbocycles. The molecule has 0 aliphatic carbocycles. The van der Waals surface area contributed by atoms with Crippen molar-refractivity contribution in [2.24, 2.45) is 0 Å². The third-order valence-corrected chi connectivity index (χ3v) is 5.16. The lowest BCUT2D eigenvalue weighted by molar-refractivity contribution is -0.128. The second-order valence-corrected chi connectivity index (χ2v) is 7.38. The van der Waals surface area contributed by atoms with Crippen LogP contribution in [-0.2, 0) is 17.9 Å². The highest BCUT2D eigenvalue weighted by Gasteiger charge is 2.33. The lowest BCUT2D eigenvalue weighted by atomic mass is 10.1. The van der Waals surface area contributed by atoms with Gasteiger partial charge in [0.2, 0.25) is 11.8 Å². The summed E-state index contributed by atoms with van der Waals surface area (Å²) in [5, 5.41) is 6.52. The molecule has 1 fully saturated rings. The van der Waals surface area contributed by atoms with Crippen LogP contribution in [0.2, 0.25) is 0 Å². The number of rotatable bonds is 7. The van der Waals surface area contributed by atoms with Gasteiger partial charge in [-0.15, -0.1) is 0 Å². The predicted molar refractivity (Wildman–Crippen MR) is 108 cm³/mol. The van der Waals surface area contributed by atoms with Gasteiger partial charge in [-0.3, -0.25) is 9.59 Å². The molecule has 0 radical (unpaired) electrons. The van der Waals surface area contributed by atoms with E-state index < -0.39 is 11.7 Å². The number of carbonyl (C=O) groups is 2. The van der Waals surface area contributed by atoms with Crippen molar-refractivity contribution in [2.45, 2.75) is 25.4 Å². The van der Waals surface area contributed by atoms with Gasteiger partial charge in [0.15, 0.2) is 17.4 Å². The molecule has 1 unspecified atom stereocenters. The van der Waals surface area contributed by atoms with Crippen LogP contribution in [0.3, 0.4) is 0 Å². The van der Waals surface area contributed by atoms with Crippen LogP contribution in [0.1, 0.15) is 40.0 Å². The number of halogens is 2. The number of hydrogen-bond donors (Lipinski definition) is 1. The minimum absolute atomic E-state index is 0.0422. The number of nitrogens with one attached hydrogen (secondary N) is 1. The Labute approximate surface area is 182 Å². The van der Waals surface area contributed by atoms with E-state index in [1.807, 2.05) is 0 Å². The van der Waals surface area contributed by atoms with E-state index in [2.05, 4.69) is 15.5 Å². The average Bonchev–Trinajstić information content (AvgIpc) is 3.40. The summed E-state index contributed by atoms with van der Waals surface area (Å²) in [6.07, 6.45) is 0.234. The zero-order valence-corrected chi connectivity index (χ0v) is 17.2. The summed E-state index contributed by atoms with van der Waals surface area (Å²) in [6, 6.07) is 9.87. The molecule has 8 nitrogen and oxygen atoms in total. The van der Waals surface area contributed by atoms with Gasteiger partial charge in [-0.2, -0.15) is 4.98 Å². The van der Waals surface area contributed by atoms with E-state index in [-0.39, 0.29) is 47.8 Å². The lowest BCUT2D eigenvalue weighted by Crippen LogP contribution is -2.24. The number of amides is 2. The van der Waals surface area contributed by atoms with E-state index in [1.165, 1.54) is 31.4 Å². The van der Waals surface area contributed by atoms with Crippen LogP contribution >= 0.6 is 0 Å². The number of methoxy groups -OCH3 is 1. The highest BCUT2D eigenvalue weighted by molar-refractivity contribution is 5.94. The fraction of sp³-hybridized carbons (Fsp3) is 0.273. The molecule has 2 heterocycles. The Morgan fingerprint density at radius 1 is 1.25 bits per heavy atom. The minimum Gasteiger partial charge on any atom is -0.494 e. The summed E-state index contributed by atoms with van der Waals surface area (Å²) in [5.41, 5.74) is 0.952. The molecule has 4 rings (SSSR count). The van der Waals surface area contributed by atoms with Crippen molar-refractivity contribution < 1.29 is 27.6 Å². The number of hydrogen-bond acceptors (Lipinski definition) is 6. The summed E-state index contributed by atoms with van der Waals surface area (Å²) in [4.78, 5) is 30.5. The maximum atomic E-state index is 13.8. The smallest absolute Gasteiger partial charge is 0.251 e. The molecule has 166 valence electrons. The molecule has 1 aliphatic heterocycles. The zero-order valence-electron chi connectivity index (χ0n) is 17.2. The van der Waals surface area contributed by atoms with Crippen LogP contribution in [0.25, 0.3) is 0 Å². The molecule has 0 spiro atoms. The van der Waals surface area contributed by atoms with Crippen LogP contribution < -0.4 is 10.1 Å². The molecule has 1 saturated heterocycles. The Morgan fingerprint density at radius 2 is 2.03 bits per heavy atom. The van der Waals surface area contributed by atoms with Gasteiger partial charge in [0, 0.05) is 31.0 Å². The van der Waals surface area contributed by atoms with Gasteiger partial charge in [-0.1, -0.05) is 17.3 Å². The molecule has 32 heavy (non-hydrogen) atoms. The highest BCUT2D eigenvalue weighted by Crippen LogP contribution is 2.27. The number of aromatic nitrogens is 2. The highest BCUT2D eigenvalue weighted by atomic mass is 19.1. The number of ether oxygens (including phenoxy) is 1. The first-order valence-corrected chi connectivity index (χ1v) is 9.89. The number of nitrogens with zero attached hydrogens (tertiary/aromatic N) is 3. The molecule has 2 aromatic carbocycles. The Hall–Kier alpha value is -3.82. The van der Waals surface area contributed by atoms with Gasteiger partial charge >= 0.3 is 0 Å². The van der Waals surface area contributed by atoms with Crippen molar-refractivity contribution in [1.29, 1.82) is 0 Å². The quantitative estimate of drug-likeness (QED) is 0.604. The van der Waals surface area contributed by atoms with Gasteiger partial charge in [-0.05, 0) is 35.9 Å². The van der Waals surface area contributed by atoms with Gasteiger partial charge in [0.05, 0.1) is 13.7 Å². The largest absolute Gasteiger partial charge is 0.494 e. The summed E-state index contributed by atoms with van der Waals surface area (Å²) < 4.78 is 36.9. The molecule has 0 bridgehead atoms. The number of carbonyl (C=O) groups excluding carboxylic acids is 2. The molecule has 2 amide bonds. The molecule has 3 aromatic rings.